The summed E-state index contributed by atoms with van der Waals surface area (Å²) < 4.78 is 9.54. The number of amides is 1. The third-order valence-corrected chi connectivity index (χ3v) is 4.57. The van der Waals surface area contributed by atoms with E-state index in [1.165, 1.54) is 43.4 Å². The quantitative estimate of drug-likeness (QED) is 0.634. The van der Waals surface area contributed by atoms with Gasteiger partial charge in [-0.15, -0.1) is 0 Å². The first-order chi connectivity index (χ1) is 13.9. The molecule has 7 heteroatoms. The number of aromatic hydroxyl groups is 1. The molecule has 0 radical (unpaired) electrons. The van der Waals surface area contributed by atoms with Gasteiger partial charge in [0.05, 0.1) is 30.9 Å². The van der Waals surface area contributed by atoms with Gasteiger partial charge in [-0.25, -0.2) is 9.59 Å². The number of carbonyl (C=O) groups excluding carboxylic acids is 3. The number of hydrogen-bond donors (Lipinski definition) is 1. The van der Waals surface area contributed by atoms with Gasteiger partial charge in [-0.1, -0.05) is 18.2 Å². The lowest BCUT2D eigenvalue weighted by Crippen LogP contribution is -2.24. The van der Waals surface area contributed by atoms with Crippen molar-refractivity contribution in [1.82, 2.24) is 0 Å². The van der Waals surface area contributed by atoms with Crippen molar-refractivity contribution in [2.24, 2.45) is 0 Å². The van der Waals surface area contributed by atoms with Crippen molar-refractivity contribution in [1.29, 1.82) is 0 Å². The highest BCUT2D eigenvalue weighted by Crippen LogP contribution is 2.36. The maximum atomic E-state index is 13.2. The number of allylic oxidation sites excluding steroid dienone is 1. The molecule has 7 nitrogen and oxygen atoms in total. The molecule has 2 aromatic rings. The van der Waals surface area contributed by atoms with Crippen LogP contribution in [0.1, 0.15) is 22.8 Å². The van der Waals surface area contributed by atoms with Crippen LogP contribution in [-0.4, -0.2) is 37.2 Å². The number of benzene rings is 2. The van der Waals surface area contributed by atoms with Crippen LogP contribution >= 0.6 is 0 Å². The van der Waals surface area contributed by atoms with Gasteiger partial charge < -0.3 is 14.6 Å². The molecule has 1 amide bonds. The van der Waals surface area contributed by atoms with Crippen LogP contribution in [-0.2, 0) is 19.1 Å². The van der Waals surface area contributed by atoms with E-state index < -0.39 is 17.8 Å². The van der Waals surface area contributed by atoms with Crippen LogP contribution in [0.4, 0.5) is 5.69 Å². The van der Waals surface area contributed by atoms with Gasteiger partial charge >= 0.3 is 11.9 Å². The summed E-state index contributed by atoms with van der Waals surface area (Å²) in [5.74, 6) is -1.62. The molecule has 0 fully saturated rings. The average Bonchev–Trinajstić information content (AvgIpc) is 2.98. The Balaban J connectivity index is 2.09. The molecular formula is C22H19NO6. The zero-order chi connectivity index (χ0) is 21.1. The van der Waals surface area contributed by atoms with Crippen LogP contribution in [0.3, 0.4) is 0 Å². The van der Waals surface area contributed by atoms with Crippen molar-refractivity contribution in [3.63, 3.8) is 0 Å². The van der Waals surface area contributed by atoms with Crippen LogP contribution in [0.25, 0.3) is 6.08 Å². The van der Waals surface area contributed by atoms with Crippen LogP contribution < -0.4 is 4.90 Å². The predicted octanol–water partition coefficient (Wildman–Crippen LogP) is 3.06. The fourth-order valence-electron chi connectivity index (χ4n) is 3.12. The van der Waals surface area contributed by atoms with Crippen LogP contribution in [0.2, 0.25) is 0 Å². The minimum absolute atomic E-state index is 0.0180. The third kappa shape index (κ3) is 3.62. The first-order valence-corrected chi connectivity index (χ1v) is 8.71. The second-order valence-corrected chi connectivity index (χ2v) is 6.25. The van der Waals surface area contributed by atoms with Crippen LogP contribution in [0.5, 0.6) is 5.75 Å². The molecule has 148 valence electrons. The molecule has 0 bridgehead atoms. The normalized spacial score (nSPS) is 15.1. The average molecular weight is 393 g/mol. The number of phenolic OH excluding ortho intramolecular Hbond substituents is 1. The second-order valence-electron chi connectivity index (χ2n) is 6.25. The van der Waals surface area contributed by atoms with Crippen molar-refractivity contribution in [2.75, 3.05) is 19.1 Å². The monoisotopic (exact) mass is 393 g/mol. The van der Waals surface area contributed by atoms with Crippen molar-refractivity contribution in [3.8, 4) is 5.75 Å². The van der Waals surface area contributed by atoms with Gasteiger partial charge in [-0.3, -0.25) is 9.69 Å². The standard InChI is InChI=1S/C22H19NO6/c1-13-19(22(27)29-3)17(12-15-6-4-5-7-18(15)24)20(25)23(13)16-10-8-14(9-11-16)21(26)28-2/h4-12,24H,1-3H3/b17-12-. The summed E-state index contributed by atoms with van der Waals surface area (Å²) in [5.41, 5.74) is 1.80. The van der Waals surface area contributed by atoms with E-state index in [0.717, 1.165) is 0 Å². The first kappa shape index (κ1) is 19.9. The molecule has 0 aliphatic carbocycles. The highest BCUT2D eigenvalue weighted by Gasteiger charge is 2.38. The molecule has 1 aliphatic heterocycles. The zero-order valence-corrected chi connectivity index (χ0v) is 16.1. The molecule has 1 aliphatic rings. The van der Waals surface area contributed by atoms with Crippen molar-refractivity contribution in [2.45, 2.75) is 6.92 Å². The van der Waals surface area contributed by atoms with Crippen molar-refractivity contribution >= 4 is 29.6 Å². The number of methoxy groups -OCH3 is 2. The lowest BCUT2D eigenvalue weighted by Gasteiger charge is -2.18. The summed E-state index contributed by atoms with van der Waals surface area (Å²) in [6, 6.07) is 12.7. The SMILES string of the molecule is COC(=O)C1=C(C)N(c2ccc(C(=O)OC)cc2)C(=O)/C1=C\c1ccccc1O. The number of anilines is 1. The fraction of sp³-hybridized carbons (Fsp3) is 0.136. The fourth-order valence-corrected chi connectivity index (χ4v) is 3.12. The molecule has 3 rings (SSSR count). The Bertz CT molecular complexity index is 1050. The van der Waals surface area contributed by atoms with E-state index in [9.17, 15) is 19.5 Å². The predicted molar refractivity (Wildman–Crippen MR) is 106 cm³/mol. The summed E-state index contributed by atoms with van der Waals surface area (Å²) in [6.45, 7) is 1.63. The van der Waals surface area contributed by atoms with Crippen LogP contribution in [0.15, 0.2) is 65.4 Å². The van der Waals surface area contributed by atoms with E-state index >= 15 is 0 Å². The Hall–Kier alpha value is -3.87. The van der Waals surface area contributed by atoms with Gasteiger partial charge in [-0.05, 0) is 43.3 Å². The molecule has 0 saturated carbocycles. The summed E-state index contributed by atoms with van der Waals surface area (Å²) in [7, 11) is 2.52. The lowest BCUT2D eigenvalue weighted by molar-refractivity contribution is -0.136. The molecule has 0 unspecified atom stereocenters. The van der Waals surface area contributed by atoms with E-state index in [2.05, 4.69) is 4.74 Å². The van der Waals surface area contributed by atoms with Crippen molar-refractivity contribution in [3.05, 3.63) is 76.5 Å². The minimum atomic E-state index is -0.661. The van der Waals surface area contributed by atoms with E-state index in [1.54, 1.807) is 37.3 Å². The van der Waals surface area contributed by atoms with E-state index in [0.29, 0.717) is 22.5 Å². The Kier molecular flexibility index (Phi) is 5.50. The highest BCUT2D eigenvalue weighted by molar-refractivity contribution is 6.24. The molecule has 0 atom stereocenters. The number of hydrogen-bond acceptors (Lipinski definition) is 6. The number of phenols is 1. The number of nitrogens with zero attached hydrogens (tertiary/aromatic N) is 1. The maximum absolute atomic E-state index is 13.2. The Labute approximate surface area is 167 Å². The number of carbonyl (C=O) groups is 3. The Morgan fingerprint density at radius 3 is 2.17 bits per heavy atom. The van der Waals surface area contributed by atoms with Gasteiger partial charge in [0.2, 0.25) is 0 Å². The van der Waals surface area contributed by atoms with Gasteiger partial charge in [0.15, 0.2) is 0 Å². The van der Waals surface area contributed by atoms with Gasteiger partial charge in [-0.2, -0.15) is 0 Å². The Morgan fingerprint density at radius 2 is 1.59 bits per heavy atom. The van der Waals surface area contributed by atoms with Crippen LogP contribution in [0, 0.1) is 0 Å². The molecule has 2 aromatic carbocycles. The minimum Gasteiger partial charge on any atom is -0.507 e. The Morgan fingerprint density at radius 1 is 0.966 bits per heavy atom. The topological polar surface area (TPSA) is 93.1 Å². The van der Waals surface area contributed by atoms with Crippen molar-refractivity contribution < 1.29 is 29.0 Å². The highest BCUT2D eigenvalue weighted by atomic mass is 16.5. The zero-order valence-electron chi connectivity index (χ0n) is 16.1. The third-order valence-electron chi connectivity index (χ3n) is 4.57. The first-order valence-electron chi connectivity index (χ1n) is 8.71. The maximum Gasteiger partial charge on any atom is 0.340 e. The number of rotatable bonds is 4. The summed E-state index contributed by atoms with van der Waals surface area (Å²) in [4.78, 5) is 38.6. The molecule has 0 saturated heterocycles. The molecule has 29 heavy (non-hydrogen) atoms. The smallest absolute Gasteiger partial charge is 0.340 e. The van der Waals surface area contributed by atoms with Gasteiger partial charge in [0, 0.05) is 16.9 Å². The number of para-hydroxylation sites is 1. The molecule has 1 heterocycles. The summed E-state index contributed by atoms with van der Waals surface area (Å²) in [5, 5.41) is 10.0. The molecular weight excluding hydrogens is 374 g/mol. The lowest BCUT2D eigenvalue weighted by atomic mass is 10.0. The molecule has 0 aromatic heterocycles. The van der Waals surface area contributed by atoms with Gasteiger partial charge in [0.1, 0.15) is 5.75 Å². The van der Waals surface area contributed by atoms with E-state index in [-0.39, 0.29) is 16.9 Å². The molecule has 1 N–H and O–H groups in total. The van der Waals surface area contributed by atoms with Gasteiger partial charge in [0.25, 0.3) is 5.91 Å². The molecule has 0 spiro atoms. The number of ether oxygens (including phenoxy) is 2. The second kappa shape index (κ2) is 8.02. The number of esters is 2. The summed E-state index contributed by atoms with van der Waals surface area (Å²) in [6.07, 6.45) is 1.45. The largest absolute Gasteiger partial charge is 0.507 e. The van der Waals surface area contributed by atoms with E-state index in [4.69, 9.17) is 4.74 Å². The summed E-state index contributed by atoms with van der Waals surface area (Å²) >= 11 is 0. The van der Waals surface area contributed by atoms with E-state index in [1.807, 2.05) is 0 Å².